The maximum atomic E-state index is 4.12. The lowest BCUT2D eigenvalue weighted by molar-refractivity contribution is 0.601. The molecule has 3 aliphatic rings. The average Bonchev–Trinajstić information content (AvgIpc) is 3.11. The van der Waals surface area contributed by atoms with Crippen LogP contribution < -0.4 is 15.1 Å². The highest BCUT2D eigenvalue weighted by atomic mass is 79.9. The standard InChI is InChI=1S/C14H18BrN3.C8H6N2/c15-12-4-3-10-8-16-5-7-17-9-11-2-1-6-18(11)14(12)13(10)17;1-2-4-8-7(3-1)9-5-6-10-8/h3-4,11,16H,1-2,5-9H2;1-6H. The number of para-hydroxylation sites is 2. The highest BCUT2D eigenvalue weighted by Crippen LogP contribution is 2.46. The van der Waals surface area contributed by atoms with Crippen molar-refractivity contribution in [2.45, 2.75) is 25.4 Å². The summed E-state index contributed by atoms with van der Waals surface area (Å²) in [6.07, 6.45) is 6.08. The zero-order valence-corrected chi connectivity index (χ0v) is 17.4. The first-order chi connectivity index (χ1) is 13.8. The lowest BCUT2D eigenvalue weighted by atomic mass is 10.0. The van der Waals surface area contributed by atoms with Gasteiger partial charge in [0.15, 0.2) is 0 Å². The molecule has 6 rings (SSSR count). The van der Waals surface area contributed by atoms with Gasteiger partial charge < -0.3 is 15.1 Å². The number of halogens is 1. The number of anilines is 2. The van der Waals surface area contributed by atoms with Crippen LogP contribution in [0.3, 0.4) is 0 Å². The van der Waals surface area contributed by atoms with Gasteiger partial charge in [0.25, 0.3) is 0 Å². The van der Waals surface area contributed by atoms with E-state index in [-0.39, 0.29) is 0 Å². The van der Waals surface area contributed by atoms with E-state index < -0.39 is 0 Å². The van der Waals surface area contributed by atoms with Crippen LogP contribution in [0.4, 0.5) is 11.4 Å². The van der Waals surface area contributed by atoms with Crippen LogP contribution in [0.1, 0.15) is 18.4 Å². The minimum atomic E-state index is 0.724. The number of nitrogens with one attached hydrogen (secondary N) is 1. The Labute approximate surface area is 173 Å². The first-order valence-corrected chi connectivity index (χ1v) is 10.8. The molecular weight excluding hydrogens is 414 g/mol. The fraction of sp³-hybridized carbons (Fsp3) is 0.364. The van der Waals surface area contributed by atoms with Crippen molar-refractivity contribution in [2.24, 2.45) is 0 Å². The zero-order valence-electron chi connectivity index (χ0n) is 15.8. The van der Waals surface area contributed by atoms with Crippen LogP contribution in [0, 0.1) is 0 Å². The van der Waals surface area contributed by atoms with E-state index in [1.54, 1.807) is 12.4 Å². The molecule has 3 aromatic rings. The summed E-state index contributed by atoms with van der Waals surface area (Å²) in [4.78, 5) is 13.5. The number of rotatable bonds is 0. The Kier molecular flexibility index (Phi) is 4.91. The Morgan fingerprint density at radius 3 is 2.54 bits per heavy atom. The predicted molar refractivity (Wildman–Crippen MR) is 118 cm³/mol. The van der Waals surface area contributed by atoms with Crippen molar-refractivity contribution >= 4 is 38.3 Å². The Hall–Kier alpha value is -2.18. The summed E-state index contributed by atoms with van der Waals surface area (Å²) in [5.41, 5.74) is 6.28. The molecule has 1 fully saturated rings. The topological polar surface area (TPSA) is 44.3 Å². The van der Waals surface area contributed by atoms with Crippen molar-refractivity contribution < 1.29 is 0 Å². The summed E-state index contributed by atoms with van der Waals surface area (Å²) in [5.74, 6) is 0. The normalized spacial score (nSPS) is 20.1. The maximum absolute atomic E-state index is 4.12. The van der Waals surface area contributed by atoms with Crippen molar-refractivity contribution in [3.8, 4) is 0 Å². The van der Waals surface area contributed by atoms with Crippen LogP contribution in [0.2, 0.25) is 0 Å². The van der Waals surface area contributed by atoms with E-state index in [0.717, 1.165) is 36.7 Å². The molecule has 2 aromatic carbocycles. The van der Waals surface area contributed by atoms with E-state index in [1.807, 2.05) is 24.3 Å². The van der Waals surface area contributed by atoms with Gasteiger partial charge in [-0.1, -0.05) is 18.2 Å². The molecule has 28 heavy (non-hydrogen) atoms. The molecule has 0 bridgehead atoms. The zero-order chi connectivity index (χ0) is 18.9. The molecule has 1 saturated heterocycles. The Bertz CT molecular complexity index is 926. The SMILES string of the molecule is Brc1ccc2c3c1N1CCCC1CN3CCNC2.c1ccc2nccnc2c1. The smallest absolute Gasteiger partial charge is 0.0886 e. The largest absolute Gasteiger partial charge is 0.366 e. The predicted octanol–water partition coefficient (Wildman–Crippen LogP) is 3.97. The Balaban J connectivity index is 0.000000145. The van der Waals surface area contributed by atoms with Gasteiger partial charge in [-0.3, -0.25) is 9.97 Å². The molecule has 0 radical (unpaired) electrons. The molecule has 3 aliphatic heterocycles. The second-order valence-electron chi connectivity index (χ2n) is 7.56. The van der Waals surface area contributed by atoms with Crippen molar-refractivity contribution in [1.29, 1.82) is 0 Å². The molecule has 0 aliphatic carbocycles. The third-order valence-electron chi connectivity index (χ3n) is 5.85. The van der Waals surface area contributed by atoms with E-state index in [2.05, 4.69) is 53.1 Å². The van der Waals surface area contributed by atoms with E-state index in [4.69, 9.17) is 0 Å². The van der Waals surface area contributed by atoms with Gasteiger partial charge in [0.2, 0.25) is 0 Å². The number of fused-ring (bicyclic) bond motifs is 3. The van der Waals surface area contributed by atoms with Gasteiger partial charge in [-0.05, 0) is 52.5 Å². The quantitative estimate of drug-likeness (QED) is 0.576. The summed E-state index contributed by atoms with van der Waals surface area (Å²) >= 11 is 3.77. The van der Waals surface area contributed by atoms with Crippen molar-refractivity contribution in [3.63, 3.8) is 0 Å². The van der Waals surface area contributed by atoms with Crippen molar-refractivity contribution in [3.05, 3.63) is 58.8 Å². The molecule has 0 spiro atoms. The summed E-state index contributed by atoms with van der Waals surface area (Å²) in [6, 6.07) is 13.0. The van der Waals surface area contributed by atoms with Gasteiger partial charge in [0.1, 0.15) is 0 Å². The maximum Gasteiger partial charge on any atom is 0.0886 e. The second kappa shape index (κ2) is 7.68. The number of hydrogen-bond donors (Lipinski definition) is 1. The molecule has 1 N–H and O–H groups in total. The second-order valence-corrected chi connectivity index (χ2v) is 8.42. The summed E-state index contributed by atoms with van der Waals surface area (Å²) in [7, 11) is 0. The lowest BCUT2D eigenvalue weighted by Crippen LogP contribution is -2.47. The minimum Gasteiger partial charge on any atom is -0.366 e. The molecular formula is C22H24BrN5. The molecule has 4 heterocycles. The molecule has 1 atom stereocenters. The van der Waals surface area contributed by atoms with Gasteiger partial charge in [0.05, 0.1) is 22.4 Å². The lowest BCUT2D eigenvalue weighted by Gasteiger charge is -2.42. The molecule has 6 heteroatoms. The molecule has 0 amide bonds. The van der Waals surface area contributed by atoms with E-state index in [1.165, 1.54) is 47.3 Å². The van der Waals surface area contributed by atoms with E-state index >= 15 is 0 Å². The minimum absolute atomic E-state index is 0.724. The number of hydrogen-bond acceptors (Lipinski definition) is 5. The Morgan fingerprint density at radius 1 is 0.964 bits per heavy atom. The number of benzene rings is 2. The third kappa shape index (κ3) is 3.25. The van der Waals surface area contributed by atoms with Crippen LogP contribution in [0.15, 0.2) is 53.3 Å². The molecule has 1 unspecified atom stereocenters. The first-order valence-electron chi connectivity index (χ1n) is 10.0. The average molecular weight is 438 g/mol. The Morgan fingerprint density at radius 2 is 1.75 bits per heavy atom. The van der Waals surface area contributed by atoms with Gasteiger partial charge in [0, 0.05) is 55.6 Å². The number of aromatic nitrogens is 2. The third-order valence-corrected chi connectivity index (χ3v) is 6.49. The van der Waals surface area contributed by atoms with Crippen molar-refractivity contribution in [1.82, 2.24) is 15.3 Å². The monoisotopic (exact) mass is 437 g/mol. The van der Waals surface area contributed by atoms with Crippen LogP contribution in [0.5, 0.6) is 0 Å². The highest BCUT2D eigenvalue weighted by Gasteiger charge is 2.36. The van der Waals surface area contributed by atoms with Crippen LogP contribution in [0.25, 0.3) is 11.0 Å². The summed E-state index contributed by atoms with van der Waals surface area (Å²) in [5, 5.41) is 3.53. The molecule has 1 aromatic heterocycles. The first kappa shape index (κ1) is 17.9. The highest BCUT2D eigenvalue weighted by molar-refractivity contribution is 9.10. The van der Waals surface area contributed by atoms with Gasteiger partial charge in [-0.15, -0.1) is 0 Å². The number of nitrogens with zero attached hydrogens (tertiary/aromatic N) is 4. The summed E-state index contributed by atoms with van der Waals surface area (Å²) < 4.78 is 1.26. The fourth-order valence-corrected chi connectivity index (χ4v) is 5.13. The summed E-state index contributed by atoms with van der Waals surface area (Å²) in [6.45, 7) is 5.67. The van der Waals surface area contributed by atoms with Crippen LogP contribution in [-0.2, 0) is 6.54 Å². The van der Waals surface area contributed by atoms with E-state index in [9.17, 15) is 0 Å². The fourth-order valence-electron chi connectivity index (χ4n) is 4.58. The molecule has 5 nitrogen and oxygen atoms in total. The van der Waals surface area contributed by atoms with Gasteiger partial charge in [-0.25, -0.2) is 0 Å². The van der Waals surface area contributed by atoms with Gasteiger partial charge >= 0.3 is 0 Å². The van der Waals surface area contributed by atoms with Crippen molar-refractivity contribution in [2.75, 3.05) is 36.0 Å². The van der Waals surface area contributed by atoms with Crippen LogP contribution in [-0.4, -0.2) is 42.2 Å². The molecule has 144 valence electrons. The van der Waals surface area contributed by atoms with E-state index in [0.29, 0.717) is 0 Å². The van der Waals surface area contributed by atoms with Gasteiger partial charge in [-0.2, -0.15) is 0 Å². The molecule has 0 saturated carbocycles. The van der Waals surface area contributed by atoms with Crippen LogP contribution >= 0.6 is 15.9 Å².